The molecule has 3 aromatic rings. The third kappa shape index (κ3) is 5.05. The molecule has 0 bridgehead atoms. The van der Waals surface area contributed by atoms with E-state index in [-0.39, 0.29) is 17.0 Å². The lowest BCUT2D eigenvalue weighted by Crippen LogP contribution is -2.41. The van der Waals surface area contributed by atoms with Crippen LogP contribution >= 0.6 is 0 Å². The normalized spacial score (nSPS) is 13.6. The van der Waals surface area contributed by atoms with Crippen molar-refractivity contribution >= 4 is 29.1 Å². The molecule has 0 unspecified atom stereocenters. The summed E-state index contributed by atoms with van der Waals surface area (Å²) in [7, 11) is 0. The molecule has 2 aromatic heterocycles. The van der Waals surface area contributed by atoms with Crippen LogP contribution in [0.15, 0.2) is 58.3 Å². The van der Waals surface area contributed by atoms with Gasteiger partial charge in [-0.25, -0.2) is 5.43 Å². The Morgan fingerprint density at radius 1 is 1.03 bits per heavy atom. The number of aromatic nitrogens is 1. The van der Waals surface area contributed by atoms with E-state index in [9.17, 15) is 24.5 Å². The number of furan rings is 1. The van der Waals surface area contributed by atoms with Crippen molar-refractivity contribution in [3.63, 3.8) is 0 Å². The number of nitrogens with one attached hydrogen (secondary N) is 3. The van der Waals surface area contributed by atoms with Crippen molar-refractivity contribution < 1.29 is 23.7 Å². The van der Waals surface area contributed by atoms with Crippen LogP contribution < -0.4 is 16.3 Å². The number of amides is 3. The van der Waals surface area contributed by atoms with Crippen LogP contribution in [0.25, 0.3) is 0 Å². The summed E-state index contributed by atoms with van der Waals surface area (Å²) in [5.74, 6) is -1.20. The summed E-state index contributed by atoms with van der Waals surface area (Å²) in [6.45, 7) is 1.69. The minimum absolute atomic E-state index is 0.0182. The number of aryl methyl sites for hydroxylation is 1. The summed E-state index contributed by atoms with van der Waals surface area (Å²) in [6.07, 6.45) is 4.71. The number of hydrogen-bond acceptors (Lipinski definition) is 8. The molecule has 0 aliphatic heterocycles. The number of rotatable bonds is 5. The molecule has 1 aliphatic rings. The first-order valence-corrected chi connectivity index (χ1v) is 10.6. The van der Waals surface area contributed by atoms with E-state index in [2.05, 4.69) is 26.4 Å². The van der Waals surface area contributed by atoms with Gasteiger partial charge in [-0.3, -0.25) is 40.3 Å². The molecule has 12 heteroatoms. The summed E-state index contributed by atoms with van der Waals surface area (Å²) in [5.41, 5.74) is 8.93. The smallest absolute Gasteiger partial charge is 0.305 e. The fourth-order valence-corrected chi connectivity index (χ4v) is 3.69. The molecule has 0 saturated carbocycles. The molecular weight excluding hydrogens is 456 g/mol. The highest BCUT2D eigenvalue weighted by Gasteiger charge is 2.28. The Hall–Kier alpha value is -4.87. The third-order valence-electron chi connectivity index (χ3n) is 5.38. The Morgan fingerprint density at radius 2 is 1.77 bits per heavy atom. The van der Waals surface area contributed by atoms with Crippen molar-refractivity contribution in [2.45, 2.75) is 26.2 Å². The van der Waals surface area contributed by atoms with E-state index in [1.807, 2.05) is 0 Å². The monoisotopic (exact) mass is 476 g/mol. The molecule has 0 saturated heterocycles. The maximum Gasteiger partial charge on any atom is 0.305 e. The number of non-ortho nitro benzene ring substituents is 1. The predicted octanol–water partition coefficient (Wildman–Crippen LogP) is 2.44. The summed E-state index contributed by atoms with van der Waals surface area (Å²) < 4.78 is 5.76. The molecule has 3 N–H and O–H groups in total. The molecule has 178 valence electrons. The number of hydrogen-bond donors (Lipinski definition) is 3. The zero-order valence-corrected chi connectivity index (χ0v) is 18.5. The number of carbonyl (C=O) groups excluding carboxylic acids is 3. The second-order valence-corrected chi connectivity index (χ2v) is 7.66. The number of nitrogens with zero attached hydrogens (tertiary/aromatic N) is 3. The van der Waals surface area contributed by atoms with Crippen molar-refractivity contribution in [3.05, 3.63) is 92.7 Å². The average Bonchev–Trinajstić information content (AvgIpc) is 3.23. The van der Waals surface area contributed by atoms with Gasteiger partial charge in [0.1, 0.15) is 5.76 Å². The number of benzene rings is 1. The van der Waals surface area contributed by atoms with Gasteiger partial charge in [0.25, 0.3) is 17.5 Å². The number of nitro benzene ring substituents is 1. The molecule has 3 amide bonds. The van der Waals surface area contributed by atoms with E-state index < -0.39 is 22.6 Å². The van der Waals surface area contributed by atoms with Gasteiger partial charge in [-0.2, -0.15) is 5.10 Å². The van der Waals surface area contributed by atoms with Gasteiger partial charge >= 0.3 is 5.91 Å². The highest BCUT2D eigenvalue weighted by Crippen LogP contribution is 2.29. The minimum atomic E-state index is -0.640. The SMILES string of the molecule is Cc1c(C(=O)NNC(=O)c2ccncc2)oc2c1/C(=N/NC(=O)c1cccc([N+](=O)[O-])c1)CCC2. The fourth-order valence-electron chi connectivity index (χ4n) is 3.69. The Morgan fingerprint density at radius 3 is 2.51 bits per heavy atom. The zero-order chi connectivity index (χ0) is 24.9. The predicted molar refractivity (Wildman–Crippen MR) is 123 cm³/mol. The van der Waals surface area contributed by atoms with Crippen molar-refractivity contribution in [1.29, 1.82) is 0 Å². The van der Waals surface area contributed by atoms with E-state index in [0.29, 0.717) is 47.4 Å². The van der Waals surface area contributed by atoms with Crippen molar-refractivity contribution in [1.82, 2.24) is 21.3 Å². The average molecular weight is 476 g/mol. The van der Waals surface area contributed by atoms with Crippen LogP contribution in [0.2, 0.25) is 0 Å². The summed E-state index contributed by atoms with van der Waals surface area (Å²) in [5, 5.41) is 15.1. The Balaban J connectivity index is 1.49. The largest absolute Gasteiger partial charge is 0.455 e. The lowest BCUT2D eigenvalue weighted by atomic mass is 9.93. The van der Waals surface area contributed by atoms with E-state index >= 15 is 0 Å². The molecule has 12 nitrogen and oxygen atoms in total. The molecule has 1 aromatic carbocycles. The first-order valence-electron chi connectivity index (χ1n) is 10.6. The minimum Gasteiger partial charge on any atom is -0.455 e. The molecule has 0 atom stereocenters. The van der Waals surface area contributed by atoms with E-state index in [4.69, 9.17) is 4.42 Å². The maximum absolute atomic E-state index is 12.7. The maximum atomic E-state index is 12.7. The molecule has 4 rings (SSSR count). The van der Waals surface area contributed by atoms with Gasteiger partial charge in [-0.15, -0.1) is 0 Å². The van der Waals surface area contributed by atoms with Gasteiger partial charge in [-0.05, 0) is 38.0 Å². The summed E-state index contributed by atoms with van der Waals surface area (Å²) in [6, 6.07) is 8.31. The Kier molecular flexibility index (Phi) is 6.62. The Labute approximate surface area is 198 Å². The molecule has 0 fully saturated rings. The van der Waals surface area contributed by atoms with Crippen molar-refractivity contribution in [2.24, 2.45) is 5.10 Å². The van der Waals surface area contributed by atoms with Crippen LogP contribution in [-0.4, -0.2) is 33.3 Å². The van der Waals surface area contributed by atoms with Gasteiger partial charge in [0.05, 0.1) is 10.6 Å². The third-order valence-corrected chi connectivity index (χ3v) is 5.38. The number of fused-ring (bicyclic) bond motifs is 1. The molecule has 0 radical (unpaired) electrons. The quantitative estimate of drug-likeness (QED) is 0.375. The number of hydrazine groups is 1. The first-order chi connectivity index (χ1) is 16.8. The highest BCUT2D eigenvalue weighted by molar-refractivity contribution is 6.07. The molecule has 2 heterocycles. The highest BCUT2D eigenvalue weighted by atomic mass is 16.6. The van der Waals surface area contributed by atoms with Crippen LogP contribution in [0.4, 0.5) is 5.69 Å². The van der Waals surface area contributed by atoms with Crippen LogP contribution in [0, 0.1) is 17.0 Å². The number of hydrazone groups is 1. The second-order valence-electron chi connectivity index (χ2n) is 7.66. The lowest BCUT2D eigenvalue weighted by molar-refractivity contribution is -0.384. The summed E-state index contributed by atoms with van der Waals surface area (Å²) in [4.78, 5) is 51.5. The van der Waals surface area contributed by atoms with Crippen LogP contribution in [0.1, 0.15) is 61.0 Å². The lowest BCUT2D eigenvalue weighted by Gasteiger charge is -2.13. The fraction of sp³-hybridized carbons (Fsp3) is 0.174. The van der Waals surface area contributed by atoms with Crippen molar-refractivity contribution in [3.8, 4) is 0 Å². The van der Waals surface area contributed by atoms with Gasteiger partial charge in [0.2, 0.25) is 0 Å². The van der Waals surface area contributed by atoms with Gasteiger partial charge in [0.15, 0.2) is 5.76 Å². The molecule has 1 aliphatic carbocycles. The van der Waals surface area contributed by atoms with Crippen LogP contribution in [0.3, 0.4) is 0 Å². The summed E-state index contributed by atoms with van der Waals surface area (Å²) >= 11 is 0. The molecule has 35 heavy (non-hydrogen) atoms. The molecule has 0 spiro atoms. The topological polar surface area (TPSA) is 169 Å². The zero-order valence-electron chi connectivity index (χ0n) is 18.5. The number of pyridine rings is 1. The number of carbonyl (C=O) groups is 3. The van der Waals surface area contributed by atoms with Gasteiger partial charge in [-0.1, -0.05) is 6.07 Å². The van der Waals surface area contributed by atoms with Crippen molar-refractivity contribution in [2.75, 3.05) is 0 Å². The van der Waals surface area contributed by atoms with E-state index in [1.165, 1.54) is 42.7 Å². The molecular formula is C23H20N6O6. The first kappa shape index (κ1) is 23.3. The second kappa shape index (κ2) is 9.95. The van der Waals surface area contributed by atoms with Crippen LogP contribution in [-0.2, 0) is 6.42 Å². The number of nitro groups is 1. The van der Waals surface area contributed by atoms with Gasteiger partial charge < -0.3 is 4.42 Å². The van der Waals surface area contributed by atoms with E-state index in [1.54, 1.807) is 6.92 Å². The van der Waals surface area contributed by atoms with Crippen LogP contribution in [0.5, 0.6) is 0 Å². The Bertz CT molecular complexity index is 1350. The van der Waals surface area contributed by atoms with Gasteiger partial charge in [0, 0.05) is 53.2 Å². The standard InChI is InChI=1S/C23H20N6O6/c1-13-19-17(25-26-22(31)15-4-2-5-16(12-15)29(33)34)6-3-7-18(19)35-20(13)23(32)28-27-21(30)14-8-10-24-11-9-14/h2,4-5,8-12H,3,6-7H2,1H3,(H,26,31)(H,27,30)(H,28,32)/b25-17+. The van der Waals surface area contributed by atoms with E-state index in [0.717, 1.165) is 6.07 Å².